The highest BCUT2D eigenvalue weighted by atomic mass is 35.5. The molecule has 1 aliphatic heterocycles. The van der Waals surface area contributed by atoms with Crippen LogP contribution in [0, 0.1) is 0 Å². The maximum Gasteiger partial charge on any atom is 0.0591 e. The Morgan fingerprint density at radius 2 is 1.67 bits per heavy atom. The molecule has 0 aliphatic carbocycles. The van der Waals surface area contributed by atoms with E-state index in [4.69, 9.17) is 0 Å². The van der Waals surface area contributed by atoms with Crippen LogP contribution in [-0.4, -0.2) is 25.2 Å². The van der Waals surface area contributed by atoms with Gasteiger partial charge in [0.2, 0.25) is 0 Å². The van der Waals surface area contributed by atoms with Gasteiger partial charge in [0.1, 0.15) is 0 Å². The van der Waals surface area contributed by atoms with E-state index in [2.05, 4.69) is 13.6 Å². The van der Waals surface area contributed by atoms with Crippen molar-refractivity contribution in [1.29, 1.82) is 0 Å². The predicted octanol–water partition coefficient (Wildman–Crippen LogP) is 0.622. The van der Waals surface area contributed by atoms with Crippen molar-refractivity contribution >= 4 is 7.26 Å². The molecule has 2 heteroatoms. The van der Waals surface area contributed by atoms with Crippen LogP contribution in [0.15, 0.2) is 0 Å². The lowest BCUT2D eigenvalue weighted by atomic mass is 10.3. The molecule has 0 aromatic carbocycles. The van der Waals surface area contributed by atoms with Gasteiger partial charge >= 0.3 is 0 Å². The third kappa shape index (κ3) is 4.10. The Morgan fingerprint density at radius 3 is 2.17 bits per heavy atom. The van der Waals surface area contributed by atoms with Gasteiger partial charge in [0.25, 0.3) is 0 Å². The number of unbranched alkanes of at least 4 members (excludes halogenated alkanes) is 1. The predicted molar refractivity (Wildman–Crippen MR) is 56.2 cm³/mol. The normalized spacial score (nSPS) is 21.5. The van der Waals surface area contributed by atoms with Crippen molar-refractivity contribution in [3.63, 3.8) is 0 Å². The number of hydrogen-bond acceptors (Lipinski definition) is 0. The van der Waals surface area contributed by atoms with Crippen molar-refractivity contribution in [3.05, 3.63) is 0 Å². The number of hydrogen-bond donors (Lipinski definition) is 0. The van der Waals surface area contributed by atoms with Crippen LogP contribution >= 0.6 is 7.26 Å². The van der Waals surface area contributed by atoms with Gasteiger partial charge in [0.15, 0.2) is 0 Å². The fourth-order valence-electron chi connectivity index (χ4n) is 2.04. The summed E-state index contributed by atoms with van der Waals surface area (Å²) in [6, 6.07) is 0. The van der Waals surface area contributed by atoms with E-state index in [0.29, 0.717) is 0 Å². The van der Waals surface area contributed by atoms with Crippen molar-refractivity contribution in [2.24, 2.45) is 0 Å². The van der Waals surface area contributed by atoms with Crippen molar-refractivity contribution in [2.75, 3.05) is 25.2 Å². The van der Waals surface area contributed by atoms with E-state index >= 15 is 0 Å². The van der Waals surface area contributed by atoms with Crippen LogP contribution in [0.3, 0.4) is 0 Å². The van der Waals surface area contributed by atoms with Gasteiger partial charge < -0.3 is 12.4 Å². The topological polar surface area (TPSA) is 0 Å². The van der Waals surface area contributed by atoms with Crippen LogP contribution in [0.25, 0.3) is 0 Å². The molecule has 1 saturated heterocycles. The average molecular weight is 209 g/mol. The minimum Gasteiger partial charge on any atom is -1.00 e. The first kappa shape index (κ1) is 12.7. The molecule has 1 aliphatic rings. The SMILES string of the molecule is CCCC[P+]1(C)CCCCC1.[Cl-]. The molecule has 0 aromatic heterocycles. The second-order valence-electron chi connectivity index (χ2n) is 4.20. The van der Waals surface area contributed by atoms with E-state index in [-0.39, 0.29) is 19.7 Å². The molecule has 0 radical (unpaired) electrons. The monoisotopic (exact) mass is 208 g/mol. The molecule has 0 atom stereocenters. The number of halogens is 1. The molecule has 1 rings (SSSR count). The summed E-state index contributed by atoms with van der Waals surface area (Å²) in [6.45, 7) is 4.91. The van der Waals surface area contributed by atoms with E-state index in [1.807, 2.05) is 0 Å². The Bertz CT molecular complexity index is 108. The van der Waals surface area contributed by atoms with E-state index in [1.165, 1.54) is 32.1 Å². The summed E-state index contributed by atoms with van der Waals surface area (Å²) in [5.41, 5.74) is 0. The van der Waals surface area contributed by atoms with Gasteiger partial charge in [-0.1, -0.05) is 13.3 Å². The Morgan fingerprint density at radius 1 is 1.08 bits per heavy atom. The second-order valence-corrected chi connectivity index (χ2v) is 8.79. The highest BCUT2D eigenvalue weighted by molar-refractivity contribution is 7.75. The quantitative estimate of drug-likeness (QED) is 0.597. The van der Waals surface area contributed by atoms with Gasteiger partial charge in [0, 0.05) is 13.9 Å². The summed E-state index contributed by atoms with van der Waals surface area (Å²) in [4.78, 5) is 0. The molecule has 0 N–H and O–H groups in total. The van der Waals surface area contributed by atoms with Gasteiger partial charge in [-0.2, -0.15) is 0 Å². The van der Waals surface area contributed by atoms with Crippen molar-refractivity contribution in [3.8, 4) is 0 Å². The van der Waals surface area contributed by atoms with Crippen molar-refractivity contribution in [2.45, 2.75) is 39.0 Å². The minimum absolute atomic E-state index is 0. The molecule has 0 saturated carbocycles. The fraction of sp³-hybridized carbons (Fsp3) is 1.00. The highest BCUT2D eigenvalue weighted by Gasteiger charge is 2.32. The molecule has 1 heterocycles. The van der Waals surface area contributed by atoms with Crippen LogP contribution in [0.4, 0.5) is 0 Å². The Balaban J connectivity index is 0.00000121. The van der Waals surface area contributed by atoms with Gasteiger partial charge in [-0.05, 0) is 25.7 Å². The summed E-state index contributed by atoms with van der Waals surface area (Å²) >= 11 is 0. The van der Waals surface area contributed by atoms with Gasteiger partial charge in [0.05, 0.1) is 18.5 Å². The zero-order valence-electron chi connectivity index (χ0n) is 8.48. The summed E-state index contributed by atoms with van der Waals surface area (Å²) in [5.74, 6) is 0. The van der Waals surface area contributed by atoms with E-state index in [0.717, 1.165) is 0 Å². The summed E-state index contributed by atoms with van der Waals surface area (Å²) in [7, 11) is -0.380. The zero-order valence-corrected chi connectivity index (χ0v) is 10.1. The molecule has 0 spiro atoms. The molecule has 0 bridgehead atoms. The van der Waals surface area contributed by atoms with Crippen molar-refractivity contribution in [1.82, 2.24) is 0 Å². The van der Waals surface area contributed by atoms with Crippen LogP contribution in [0.1, 0.15) is 39.0 Å². The first-order chi connectivity index (χ1) is 5.27. The van der Waals surface area contributed by atoms with Crippen molar-refractivity contribution < 1.29 is 12.4 Å². The fourth-order valence-corrected chi connectivity index (χ4v) is 5.76. The maximum absolute atomic E-state index is 2.60. The third-order valence-corrected chi connectivity index (χ3v) is 7.14. The van der Waals surface area contributed by atoms with Crippen LogP contribution < -0.4 is 12.4 Å². The number of rotatable bonds is 3. The molecular weight excluding hydrogens is 187 g/mol. The maximum atomic E-state index is 2.60. The molecule has 0 amide bonds. The smallest absolute Gasteiger partial charge is 0.0591 e. The lowest BCUT2D eigenvalue weighted by Gasteiger charge is -2.26. The lowest BCUT2D eigenvalue weighted by Crippen LogP contribution is -3.00. The van der Waals surface area contributed by atoms with Gasteiger partial charge in [-0.15, -0.1) is 0 Å². The van der Waals surface area contributed by atoms with E-state index < -0.39 is 0 Å². The standard InChI is InChI=1S/C10H22P.ClH/c1-3-4-8-11(2)9-6-5-7-10-11;/h3-10H2,1-2H3;1H/q+1;/p-1. The molecule has 0 unspecified atom stereocenters. The minimum atomic E-state index is -0.380. The zero-order chi connectivity index (χ0) is 8.16. The Labute approximate surface area is 84.3 Å². The average Bonchev–Trinajstić information content (AvgIpc) is 2.03. The Hall–Kier alpha value is 0.720. The van der Waals surface area contributed by atoms with Crippen LogP contribution in [0.2, 0.25) is 0 Å². The van der Waals surface area contributed by atoms with Crippen LogP contribution in [0.5, 0.6) is 0 Å². The van der Waals surface area contributed by atoms with E-state index in [9.17, 15) is 0 Å². The molecule has 74 valence electrons. The third-order valence-electron chi connectivity index (χ3n) is 2.95. The molecule has 12 heavy (non-hydrogen) atoms. The largest absolute Gasteiger partial charge is 1.00 e. The molecule has 0 aromatic rings. The summed E-state index contributed by atoms with van der Waals surface area (Å²) < 4.78 is 0. The van der Waals surface area contributed by atoms with E-state index in [1.54, 1.807) is 18.5 Å². The van der Waals surface area contributed by atoms with Gasteiger partial charge in [-0.3, -0.25) is 0 Å². The second kappa shape index (κ2) is 6.22. The highest BCUT2D eigenvalue weighted by Crippen LogP contribution is 2.59. The summed E-state index contributed by atoms with van der Waals surface area (Å²) in [5, 5.41) is 0. The lowest BCUT2D eigenvalue weighted by molar-refractivity contribution is -0.00000259. The first-order valence-corrected chi connectivity index (χ1v) is 7.89. The van der Waals surface area contributed by atoms with Gasteiger partial charge in [-0.25, -0.2) is 0 Å². The summed E-state index contributed by atoms with van der Waals surface area (Å²) in [6.07, 6.45) is 12.3. The molecule has 1 fully saturated rings. The molecular formula is C10H22ClP. The first-order valence-electron chi connectivity index (χ1n) is 5.10. The van der Waals surface area contributed by atoms with Crippen LogP contribution in [-0.2, 0) is 0 Å². The molecule has 0 nitrogen and oxygen atoms in total. The Kier molecular flexibility index (Phi) is 6.59.